The van der Waals surface area contributed by atoms with Crippen LogP contribution < -0.4 is 5.32 Å². The Morgan fingerprint density at radius 1 is 1.39 bits per heavy atom. The van der Waals surface area contributed by atoms with Gasteiger partial charge in [-0.25, -0.2) is 0 Å². The fourth-order valence-electron chi connectivity index (χ4n) is 2.79. The zero-order chi connectivity index (χ0) is 13.2. The van der Waals surface area contributed by atoms with E-state index in [9.17, 15) is 4.79 Å². The third-order valence-corrected chi connectivity index (χ3v) is 5.09. The van der Waals surface area contributed by atoms with Crippen LogP contribution in [0, 0.1) is 12.3 Å². The summed E-state index contributed by atoms with van der Waals surface area (Å²) in [6.07, 6.45) is 5.36. The van der Waals surface area contributed by atoms with E-state index in [1.807, 2.05) is 25.1 Å². The average Bonchev–Trinajstić information content (AvgIpc) is 2.85. The number of carbonyl (C=O) groups is 1. The quantitative estimate of drug-likeness (QED) is 0.864. The number of halogens is 1. The van der Waals surface area contributed by atoms with Crippen LogP contribution >= 0.6 is 15.9 Å². The van der Waals surface area contributed by atoms with Gasteiger partial charge < -0.3 is 5.32 Å². The molecular weight excluding hydrogens is 290 g/mol. The highest BCUT2D eigenvalue weighted by Gasteiger charge is 2.39. The van der Waals surface area contributed by atoms with E-state index < -0.39 is 0 Å². The lowest BCUT2D eigenvalue weighted by Gasteiger charge is -2.26. The zero-order valence-electron chi connectivity index (χ0n) is 11.1. The van der Waals surface area contributed by atoms with E-state index in [4.69, 9.17) is 0 Å². The molecule has 98 valence electrons. The maximum atomic E-state index is 12.5. The average molecular weight is 310 g/mol. The summed E-state index contributed by atoms with van der Waals surface area (Å²) in [5.74, 6) is 0.198. The van der Waals surface area contributed by atoms with Crippen molar-refractivity contribution in [3.63, 3.8) is 0 Å². The molecule has 1 N–H and O–H groups in total. The molecule has 0 aliphatic heterocycles. The topological polar surface area (TPSA) is 29.1 Å². The summed E-state index contributed by atoms with van der Waals surface area (Å²) in [4.78, 5) is 12.5. The molecule has 0 heterocycles. The van der Waals surface area contributed by atoms with E-state index in [0.717, 1.165) is 35.0 Å². The van der Waals surface area contributed by atoms with Gasteiger partial charge in [-0.2, -0.15) is 0 Å². The van der Waals surface area contributed by atoms with Crippen molar-refractivity contribution in [1.29, 1.82) is 0 Å². The highest BCUT2D eigenvalue weighted by atomic mass is 79.9. The van der Waals surface area contributed by atoms with Gasteiger partial charge in [-0.05, 0) is 43.9 Å². The molecular formula is C15H20BrNO. The van der Waals surface area contributed by atoms with Crippen molar-refractivity contribution in [1.82, 2.24) is 0 Å². The molecule has 1 amide bonds. The molecule has 1 fully saturated rings. The highest BCUT2D eigenvalue weighted by molar-refractivity contribution is 9.10. The maximum Gasteiger partial charge on any atom is 0.230 e. The number of nitrogens with one attached hydrogen (secondary N) is 1. The van der Waals surface area contributed by atoms with E-state index in [1.54, 1.807) is 0 Å². The molecule has 0 bridgehead atoms. The van der Waals surface area contributed by atoms with Crippen LogP contribution in [-0.4, -0.2) is 5.91 Å². The lowest BCUT2D eigenvalue weighted by atomic mass is 9.82. The van der Waals surface area contributed by atoms with Gasteiger partial charge >= 0.3 is 0 Å². The lowest BCUT2D eigenvalue weighted by molar-refractivity contribution is -0.125. The van der Waals surface area contributed by atoms with Crippen molar-refractivity contribution in [3.8, 4) is 0 Å². The summed E-state index contributed by atoms with van der Waals surface area (Å²) in [6, 6.07) is 5.92. The normalized spacial score (nSPS) is 17.7. The molecule has 1 aromatic carbocycles. The van der Waals surface area contributed by atoms with Gasteiger partial charge in [-0.15, -0.1) is 0 Å². The molecule has 2 rings (SSSR count). The first kappa shape index (κ1) is 13.6. The molecule has 0 radical (unpaired) electrons. The van der Waals surface area contributed by atoms with Gasteiger partial charge in [0.05, 0.1) is 0 Å². The molecule has 0 aromatic heterocycles. The summed E-state index contributed by atoms with van der Waals surface area (Å²) < 4.78 is 1.04. The van der Waals surface area contributed by atoms with Crippen molar-refractivity contribution < 1.29 is 4.79 Å². The van der Waals surface area contributed by atoms with E-state index >= 15 is 0 Å². The van der Waals surface area contributed by atoms with E-state index in [0.29, 0.717) is 0 Å². The smallest absolute Gasteiger partial charge is 0.230 e. The van der Waals surface area contributed by atoms with E-state index in [-0.39, 0.29) is 11.3 Å². The van der Waals surface area contributed by atoms with Gasteiger partial charge in [0.2, 0.25) is 5.91 Å². The van der Waals surface area contributed by atoms with Crippen LogP contribution in [0.15, 0.2) is 22.7 Å². The molecule has 0 atom stereocenters. The molecule has 1 aliphatic carbocycles. The Hall–Kier alpha value is -0.830. The first-order valence-electron chi connectivity index (χ1n) is 6.65. The Labute approximate surface area is 117 Å². The van der Waals surface area contributed by atoms with Crippen molar-refractivity contribution in [3.05, 3.63) is 28.2 Å². The third kappa shape index (κ3) is 2.46. The number of carbonyl (C=O) groups excluding carboxylic acids is 1. The predicted octanol–water partition coefficient (Wildman–Crippen LogP) is 4.67. The van der Waals surface area contributed by atoms with Gasteiger partial charge in [0.15, 0.2) is 0 Å². The SMILES string of the molecule is CCC1(C(=O)Nc2cccc(Br)c2C)CCCC1. The number of benzene rings is 1. The fraction of sp³-hybridized carbons (Fsp3) is 0.533. The minimum Gasteiger partial charge on any atom is -0.325 e. The van der Waals surface area contributed by atoms with Crippen molar-refractivity contribution in [2.75, 3.05) is 5.32 Å². The van der Waals surface area contributed by atoms with Gasteiger partial charge in [0, 0.05) is 15.6 Å². The maximum absolute atomic E-state index is 12.5. The lowest BCUT2D eigenvalue weighted by Crippen LogP contribution is -2.33. The highest BCUT2D eigenvalue weighted by Crippen LogP contribution is 2.42. The first-order valence-corrected chi connectivity index (χ1v) is 7.45. The number of anilines is 1. The van der Waals surface area contributed by atoms with E-state index in [2.05, 4.69) is 28.2 Å². The molecule has 1 saturated carbocycles. The summed E-state index contributed by atoms with van der Waals surface area (Å²) >= 11 is 3.50. The monoisotopic (exact) mass is 309 g/mol. The molecule has 2 nitrogen and oxygen atoms in total. The molecule has 0 saturated heterocycles. The number of amides is 1. The van der Waals surface area contributed by atoms with Crippen LogP contribution in [0.25, 0.3) is 0 Å². The van der Waals surface area contributed by atoms with Crippen LogP contribution in [0.2, 0.25) is 0 Å². The minimum atomic E-state index is -0.130. The fourth-order valence-corrected chi connectivity index (χ4v) is 3.16. The number of hydrogen-bond acceptors (Lipinski definition) is 1. The minimum absolute atomic E-state index is 0.130. The largest absolute Gasteiger partial charge is 0.325 e. The second-order valence-electron chi connectivity index (χ2n) is 5.21. The van der Waals surface area contributed by atoms with Gasteiger partial charge in [-0.1, -0.05) is 41.8 Å². The van der Waals surface area contributed by atoms with Gasteiger partial charge in [0.25, 0.3) is 0 Å². The van der Waals surface area contributed by atoms with Crippen LogP contribution in [0.5, 0.6) is 0 Å². The first-order chi connectivity index (χ1) is 8.59. The van der Waals surface area contributed by atoms with Crippen LogP contribution in [-0.2, 0) is 4.79 Å². The summed E-state index contributed by atoms with van der Waals surface area (Å²) in [5.41, 5.74) is 1.89. The third-order valence-electron chi connectivity index (χ3n) is 4.24. The molecule has 0 unspecified atom stereocenters. The van der Waals surface area contributed by atoms with Crippen LogP contribution in [0.1, 0.15) is 44.6 Å². The summed E-state index contributed by atoms with van der Waals surface area (Å²) in [7, 11) is 0. The van der Waals surface area contributed by atoms with E-state index in [1.165, 1.54) is 12.8 Å². The van der Waals surface area contributed by atoms with Crippen LogP contribution in [0.4, 0.5) is 5.69 Å². The summed E-state index contributed by atoms with van der Waals surface area (Å²) in [5, 5.41) is 3.12. The Morgan fingerprint density at radius 2 is 2.06 bits per heavy atom. The van der Waals surface area contributed by atoms with Crippen molar-refractivity contribution in [2.24, 2.45) is 5.41 Å². The number of rotatable bonds is 3. The molecule has 3 heteroatoms. The Morgan fingerprint density at radius 3 is 2.67 bits per heavy atom. The standard InChI is InChI=1S/C15H20BrNO/c1-3-15(9-4-5-10-15)14(18)17-13-8-6-7-12(16)11(13)2/h6-8H,3-5,9-10H2,1-2H3,(H,17,18). The number of hydrogen-bond donors (Lipinski definition) is 1. The van der Waals surface area contributed by atoms with Crippen molar-refractivity contribution in [2.45, 2.75) is 46.0 Å². The van der Waals surface area contributed by atoms with Gasteiger partial charge in [0.1, 0.15) is 0 Å². The Bertz CT molecular complexity index is 450. The second-order valence-corrected chi connectivity index (χ2v) is 6.06. The van der Waals surface area contributed by atoms with Gasteiger partial charge in [-0.3, -0.25) is 4.79 Å². The van der Waals surface area contributed by atoms with Crippen LogP contribution in [0.3, 0.4) is 0 Å². The molecule has 1 aliphatic rings. The van der Waals surface area contributed by atoms with Crippen molar-refractivity contribution >= 4 is 27.5 Å². The Kier molecular flexibility index (Phi) is 4.10. The zero-order valence-corrected chi connectivity index (χ0v) is 12.6. The molecule has 18 heavy (non-hydrogen) atoms. The predicted molar refractivity (Wildman–Crippen MR) is 78.7 cm³/mol. The molecule has 1 aromatic rings. The second kappa shape index (κ2) is 5.43. The molecule has 0 spiro atoms. The summed E-state index contributed by atoms with van der Waals surface area (Å²) in [6.45, 7) is 4.14. The Balaban J connectivity index is 2.18.